The van der Waals surface area contributed by atoms with Crippen LogP contribution >= 0.6 is 0 Å². The average molecular weight is 361 g/mol. The fourth-order valence-corrected chi connectivity index (χ4v) is 3.29. The highest BCUT2D eigenvalue weighted by molar-refractivity contribution is 6.00. The van der Waals surface area contributed by atoms with Gasteiger partial charge in [0.25, 0.3) is 5.91 Å². The second-order valence-electron chi connectivity index (χ2n) is 6.36. The summed E-state index contributed by atoms with van der Waals surface area (Å²) in [7, 11) is 0. The molecule has 2 aromatic heterocycles. The third kappa shape index (κ3) is 3.57. The van der Waals surface area contributed by atoms with Gasteiger partial charge in [0.05, 0.1) is 5.69 Å². The molecular formula is C20H19N5O2. The third-order valence-corrected chi connectivity index (χ3v) is 4.58. The second kappa shape index (κ2) is 7.41. The second-order valence-corrected chi connectivity index (χ2v) is 6.36. The fourth-order valence-electron chi connectivity index (χ4n) is 3.29. The van der Waals surface area contributed by atoms with Gasteiger partial charge >= 0.3 is 0 Å². The summed E-state index contributed by atoms with van der Waals surface area (Å²) in [6.07, 6.45) is 6.56. The maximum absolute atomic E-state index is 12.8. The van der Waals surface area contributed by atoms with Crippen molar-refractivity contribution in [1.82, 2.24) is 19.7 Å². The number of aromatic nitrogens is 3. The minimum atomic E-state index is -0.493. The van der Waals surface area contributed by atoms with Crippen molar-refractivity contribution < 1.29 is 9.59 Å². The van der Waals surface area contributed by atoms with Crippen molar-refractivity contribution in [1.29, 1.82) is 0 Å². The molecule has 2 amide bonds. The maximum Gasteiger partial charge on any atom is 0.273 e. The molecule has 1 fully saturated rings. The van der Waals surface area contributed by atoms with Gasteiger partial charge in [0.1, 0.15) is 11.7 Å². The Kier molecular flexibility index (Phi) is 4.65. The van der Waals surface area contributed by atoms with Gasteiger partial charge in [-0.3, -0.25) is 14.6 Å². The van der Waals surface area contributed by atoms with E-state index in [9.17, 15) is 9.59 Å². The van der Waals surface area contributed by atoms with Crippen molar-refractivity contribution in [3.8, 4) is 5.69 Å². The van der Waals surface area contributed by atoms with E-state index in [4.69, 9.17) is 0 Å². The van der Waals surface area contributed by atoms with Crippen LogP contribution in [0.1, 0.15) is 23.3 Å². The number of amides is 2. The number of rotatable bonds is 4. The largest absolute Gasteiger partial charge is 0.325 e. The fraction of sp³-hybridized carbons (Fsp3) is 0.200. The number of hydrogen-bond acceptors (Lipinski definition) is 4. The Bertz CT molecular complexity index is 940. The van der Waals surface area contributed by atoms with Crippen LogP contribution in [0.25, 0.3) is 5.69 Å². The van der Waals surface area contributed by atoms with Gasteiger partial charge < -0.3 is 10.2 Å². The highest BCUT2D eigenvalue weighted by Gasteiger charge is 2.35. The van der Waals surface area contributed by atoms with Crippen LogP contribution in [-0.4, -0.2) is 44.1 Å². The van der Waals surface area contributed by atoms with Crippen LogP contribution in [0, 0.1) is 0 Å². The number of nitrogens with one attached hydrogen (secondary N) is 1. The van der Waals surface area contributed by atoms with Crippen LogP contribution in [0.4, 0.5) is 5.69 Å². The molecule has 27 heavy (non-hydrogen) atoms. The van der Waals surface area contributed by atoms with Crippen molar-refractivity contribution in [3.05, 3.63) is 72.8 Å². The summed E-state index contributed by atoms with van der Waals surface area (Å²) in [4.78, 5) is 31.2. The standard InChI is InChI=1S/C20H19N5O2/c26-19(23-15-6-3-7-16(14-15)25-13-5-11-22-25)18-9-4-12-24(18)20(27)17-8-1-2-10-21-17/h1-3,5-8,10-11,13-14,18H,4,9,12H2,(H,23,26)/t18-/m0/s1. The molecule has 0 radical (unpaired) electrons. The smallest absolute Gasteiger partial charge is 0.273 e. The van der Waals surface area contributed by atoms with Crippen LogP contribution in [0.3, 0.4) is 0 Å². The average Bonchev–Trinajstić information content (AvgIpc) is 3.40. The molecule has 3 aromatic rings. The number of pyridine rings is 1. The first-order valence-corrected chi connectivity index (χ1v) is 8.85. The molecule has 7 heteroatoms. The molecule has 0 unspecified atom stereocenters. The van der Waals surface area contributed by atoms with Crippen LogP contribution in [0.2, 0.25) is 0 Å². The van der Waals surface area contributed by atoms with Gasteiger partial charge in [-0.2, -0.15) is 5.10 Å². The first-order valence-electron chi connectivity index (χ1n) is 8.85. The van der Waals surface area contributed by atoms with E-state index in [-0.39, 0.29) is 11.8 Å². The Labute approximate surface area is 156 Å². The van der Waals surface area contributed by atoms with Crippen LogP contribution in [0.15, 0.2) is 67.1 Å². The highest BCUT2D eigenvalue weighted by Crippen LogP contribution is 2.22. The number of carbonyl (C=O) groups excluding carboxylic acids is 2. The molecule has 1 N–H and O–H groups in total. The lowest BCUT2D eigenvalue weighted by atomic mass is 10.2. The molecular weight excluding hydrogens is 342 g/mol. The summed E-state index contributed by atoms with van der Waals surface area (Å²) in [5.41, 5.74) is 1.88. The number of carbonyl (C=O) groups is 2. The summed E-state index contributed by atoms with van der Waals surface area (Å²) in [6.45, 7) is 0.556. The topological polar surface area (TPSA) is 80.1 Å². The van der Waals surface area contributed by atoms with Gasteiger partial charge in [0.15, 0.2) is 0 Å². The van der Waals surface area contributed by atoms with Crippen molar-refractivity contribution in [2.45, 2.75) is 18.9 Å². The van der Waals surface area contributed by atoms with Crippen molar-refractivity contribution >= 4 is 17.5 Å². The Balaban J connectivity index is 1.49. The molecule has 0 spiro atoms. The van der Waals surface area contributed by atoms with E-state index in [0.717, 1.165) is 12.1 Å². The van der Waals surface area contributed by atoms with Crippen LogP contribution in [0.5, 0.6) is 0 Å². The van der Waals surface area contributed by atoms with Gasteiger partial charge in [-0.15, -0.1) is 0 Å². The molecule has 7 nitrogen and oxygen atoms in total. The van der Waals surface area contributed by atoms with Crippen molar-refractivity contribution in [2.75, 3.05) is 11.9 Å². The number of nitrogens with zero attached hydrogens (tertiary/aromatic N) is 4. The predicted molar refractivity (Wildman–Crippen MR) is 100 cm³/mol. The maximum atomic E-state index is 12.8. The van der Waals surface area contributed by atoms with Gasteiger partial charge in [0.2, 0.25) is 5.91 Å². The summed E-state index contributed by atoms with van der Waals surface area (Å²) in [6, 6.07) is 14.0. The van der Waals surface area contributed by atoms with Crippen molar-refractivity contribution in [2.24, 2.45) is 0 Å². The number of anilines is 1. The van der Waals surface area contributed by atoms with Gasteiger partial charge in [0, 0.05) is 30.8 Å². The number of hydrogen-bond donors (Lipinski definition) is 1. The lowest BCUT2D eigenvalue weighted by Gasteiger charge is -2.23. The quantitative estimate of drug-likeness (QED) is 0.774. The van der Waals surface area contributed by atoms with Gasteiger partial charge in [-0.25, -0.2) is 4.68 Å². The van der Waals surface area contributed by atoms with Crippen LogP contribution < -0.4 is 5.32 Å². The number of likely N-dealkylation sites (tertiary alicyclic amines) is 1. The minimum absolute atomic E-state index is 0.186. The number of benzene rings is 1. The van der Waals surface area contributed by atoms with E-state index in [0.29, 0.717) is 24.3 Å². The summed E-state index contributed by atoms with van der Waals surface area (Å²) in [5.74, 6) is -0.395. The molecule has 1 atom stereocenters. The zero-order valence-corrected chi connectivity index (χ0v) is 14.7. The first-order chi connectivity index (χ1) is 13.2. The van der Waals surface area contributed by atoms with E-state index in [2.05, 4.69) is 15.4 Å². The van der Waals surface area contributed by atoms with Gasteiger partial charge in [-0.05, 0) is 49.2 Å². The van der Waals surface area contributed by atoms with E-state index < -0.39 is 6.04 Å². The summed E-state index contributed by atoms with van der Waals surface area (Å²) < 4.78 is 1.72. The zero-order valence-electron chi connectivity index (χ0n) is 14.7. The SMILES string of the molecule is O=C(Nc1cccc(-n2cccn2)c1)[C@@H]1CCCN1C(=O)c1ccccn1. The monoisotopic (exact) mass is 361 g/mol. The molecule has 0 aliphatic carbocycles. The van der Waals surface area contributed by atoms with E-state index in [1.165, 1.54) is 0 Å². The molecule has 136 valence electrons. The molecule has 0 saturated carbocycles. The molecule has 1 aliphatic heterocycles. The van der Waals surface area contributed by atoms with Gasteiger partial charge in [-0.1, -0.05) is 12.1 Å². The lowest BCUT2D eigenvalue weighted by molar-refractivity contribution is -0.119. The molecule has 0 bridgehead atoms. The summed E-state index contributed by atoms with van der Waals surface area (Å²) in [5, 5.41) is 7.13. The lowest BCUT2D eigenvalue weighted by Crippen LogP contribution is -2.43. The molecule has 3 heterocycles. The Morgan fingerprint density at radius 1 is 1.07 bits per heavy atom. The van der Waals surface area contributed by atoms with E-state index >= 15 is 0 Å². The highest BCUT2D eigenvalue weighted by atomic mass is 16.2. The Morgan fingerprint density at radius 3 is 2.78 bits per heavy atom. The third-order valence-electron chi connectivity index (χ3n) is 4.58. The molecule has 1 saturated heterocycles. The zero-order chi connectivity index (χ0) is 18.6. The summed E-state index contributed by atoms with van der Waals surface area (Å²) >= 11 is 0. The molecule has 1 aromatic carbocycles. The van der Waals surface area contributed by atoms with Crippen molar-refractivity contribution in [3.63, 3.8) is 0 Å². The minimum Gasteiger partial charge on any atom is -0.325 e. The molecule has 1 aliphatic rings. The molecule has 4 rings (SSSR count). The Morgan fingerprint density at radius 2 is 2.00 bits per heavy atom. The van der Waals surface area contributed by atoms with E-state index in [1.807, 2.05) is 36.5 Å². The van der Waals surface area contributed by atoms with E-state index in [1.54, 1.807) is 40.2 Å². The normalized spacial score (nSPS) is 16.3. The predicted octanol–water partition coefficient (Wildman–Crippen LogP) is 2.51. The first kappa shape index (κ1) is 17.0. The van der Waals surface area contributed by atoms with Crippen LogP contribution in [-0.2, 0) is 4.79 Å². The Hall–Kier alpha value is -3.48.